The van der Waals surface area contributed by atoms with Crippen LogP contribution in [0.25, 0.3) is 0 Å². The first-order valence-electron chi connectivity index (χ1n) is 8.00. The minimum Gasteiger partial charge on any atom is -0.490 e. The van der Waals surface area contributed by atoms with Crippen molar-refractivity contribution in [2.24, 2.45) is 5.73 Å². The molecule has 22 heavy (non-hydrogen) atoms. The minimum absolute atomic E-state index is 0.0174. The zero-order chi connectivity index (χ0) is 16.2. The lowest BCUT2D eigenvalue weighted by Crippen LogP contribution is -2.40. The van der Waals surface area contributed by atoms with Crippen LogP contribution in [0.5, 0.6) is 5.75 Å². The van der Waals surface area contributed by atoms with Crippen molar-refractivity contribution in [3.8, 4) is 5.75 Å². The van der Waals surface area contributed by atoms with Crippen molar-refractivity contribution in [1.29, 1.82) is 0 Å². The molecule has 3 N–H and O–H groups in total. The highest BCUT2D eigenvalue weighted by atomic mass is 35.5. The largest absolute Gasteiger partial charge is 0.490 e. The summed E-state index contributed by atoms with van der Waals surface area (Å²) in [5.41, 5.74) is 6.75. The molecule has 0 amide bonds. The van der Waals surface area contributed by atoms with Gasteiger partial charge < -0.3 is 15.6 Å². The maximum Gasteiger partial charge on any atom is 0.156 e. The first-order chi connectivity index (χ1) is 10.5. The van der Waals surface area contributed by atoms with Crippen LogP contribution in [-0.4, -0.2) is 23.9 Å². The summed E-state index contributed by atoms with van der Waals surface area (Å²) >= 11 is 12.7. The molecule has 124 valence electrons. The molecular formula is C17H25Cl2NO2. The highest BCUT2D eigenvalue weighted by Crippen LogP contribution is 2.43. The number of hydrogen-bond acceptors (Lipinski definition) is 3. The fourth-order valence-corrected chi connectivity index (χ4v) is 3.68. The molecule has 1 aromatic carbocycles. The van der Waals surface area contributed by atoms with E-state index < -0.39 is 5.54 Å². The van der Waals surface area contributed by atoms with Gasteiger partial charge in [0.05, 0.1) is 23.3 Å². The molecule has 1 aliphatic carbocycles. The first-order valence-corrected chi connectivity index (χ1v) is 8.76. The van der Waals surface area contributed by atoms with Gasteiger partial charge in [-0.1, -0.05) is 43.0 Å². The number of rotatable bonds is 7. The van der Waals surface area contributed by atoms with E-state index in [4.69, 9.17) is 33.7 Å². The van der Waals surface area contributed by atoms with Crippen molar-refractivity contribution >= 4 is 23.2 Å². The number of aliphatic hydroxyl groups excluding tert-OH is 1. The Morgan fingerprint density at radius 1 is 1.32 bits per heavy atom. The fourth-order valence-electron chi connectivity index (χ4n) is 3.06. The third kappa shape index (κ3) is 4.29. The molecule has 1 aliphatic rings. The Balaban J connectivity index is 2.06. The lowest BCUT2D eigenvalue weighted by molar-refractivity contribution is 0.198. The second kappa shape index (κ2) is 7.87. The summed E-state index contributed by atoms with van der Waals surface area (Å²) in [6.45, 7) is 2.80. The summed E-state index contributed by atoms with van der Waals surface area (Å²) in [4.78, 5) is 0. The van der Waals surface area contributed by atoms with Gasteiger partial charge in [-0.3, -0.25) is 0 Å². The number of unbranched alkanes of at least 4 members (excludes halogenated alkanes) is 2. The van der Waals surface area contributed by atoms with Crippen molar-refractivity contribution in [2.75, 3.05) is 13.2 Å². The SMILES string of the molecule is CCCCCOc1c(Cl)cc(C2CCC(N)(CO)C2)cc1Cl. The van der Waals surface area contributed by atoms with E-state index in [9.17, 15) is 5.11 Å². The molecule has 0 saturated heterocycles. The van der Waals surface area contributed by atoms with E-state index in [1.165, 1.54) is 0 Å². The van der Waals surface area contributed by atoms with Crippen LogP contribution in [0, 0.1) is 0 Å². The topological polar surface area (TPSA) is 55.5 Å². The molecular weight excluding hydrogens is 321 g/mol. The Labute approximate surface area is 142 Å². The zero-order valence-electron chi connectivity index (χ0n) is 13.1. The van der Waals surface area contributed by atoms with Crippen molar-refractivity contribution in [2.45, 2.75) is 56.9 Å². The van der Waals surface area contributed by atoms with E-state index in [2.05, 4.69) is 6.92 Å². The maximum atomic E-state index is 9.39. The smallest absolute Gasteiger partial charge is 0.156 e. The fraction of sp³-hybridized carbons (Fsp3) is 0.647. The number of aliphatic hydroxyl groups is 1. The van der Waals surface area contributed by atoms with Crippen LogP contribution in [-0.2, 0) is 0 Å². The van der Waals surface area contributed by atoms with Gasteiger partial charge in [-0.15, -0.1) is 0 Å². The average molecular weight is 346 g/mol. The summed E-state index contributed by atoms with van der Waals surface area (Å²) in [6, 6.07) is 3.85. The van der Waals surface area contributed by atoms with Gasteiger partial charge in [0.2, 0.25) is 0 Å². The van der Waals surface area contributed by atoms with Crippen molar-refractivity contribution in [3.05, 3.63) is 27.7 Å². The molecule has 5 heteroatoms. The Bertz CT molecular complexity index is 486. The van der Waals surface area contributed by atoms with Crippen LogP contribution in [0.2, 0.25) is 10.0 Å². The van der Waals surface area contributed by atoms with Gasteiger partial charge in [0.1, 0.15) is 0 Å². The van der Waals surface area contributed by atoms with Gasteiger partial charge in [-0.2, -0.15) is 0 Å². The number of halogens is 2. The van der Waals surface area contributed by atoms with E-state index in [0.29, 0.717) is 28.3 Å². The van der Waals surface area contributed by atoms with E-state index >= 15 is 0 Å². The number of benzene rings is 1. The Morgan fingerprint density at radius 2 is 2.00 bits per heavy atom. The molecule has 2 atom stereocenters. The Hall–Kier alpha value is -0.480. The monoisotopic (exact) mass is 345 g/mol. The van der Waals surface area contributed by atoms with Crippen LogP contribution < -0.4 is 10.5 Å². The first kappa shape index (κ1) is 17.9. The van der Waals surface area contributed by atoms with E-state index in [-0.39, 0.29) is 6.61 Å². The van der Waals surface area contributed by atoms with Gasteiger partial charge in [0.25, 0.3) is 0 Å². The van der Waals surface area contributed by atoms with Gasteiger partial charge in [0, 0.05) is 5.54 Å². The predicted octanol–water partition coefficient (Wildman–Crippen LogP) is 4.52. The molecule has 0 spiro atoms. The number of ether oxygens (including phenoxy) is 1. The third-order valence-corrected chi connectivity index (χ3v) is 5.01. The normalized spacial score (nSPS) is 24.7. The number of nitrogens with two attached hydrogens (primary N) is 1. The van der Waals surface area contributed by atoms with Gasteiger partial charge >= 0.3 is 0 Å². The molecule has 2 rings (SSSR count). The molecule has 0 radical (unpaired) electrons. The summed E-state index contributed by atoms with van der Waals surface area (Å²) in [7, 11) is 0. The van der Waals surface area contributed by atoms with Crippen LogP contribution >= 0.6 is 23.2 Å². The van der Waals surface area contributed by atoms with E-state index in [0.717, 1.165) is 44.1 Å². The lowest BCUT2D eigenvalue weighted by atomic mass is 9.93. The average Bonchev–Trinajstić information content (AvgIpc) is 2.89. The predicted molar refractivity (Wildman–Crippen MR) is 92.1 cm³/mol. The van der Waals surface area contributed by atoms with Crippen LogP contribution in [0.3, 0.4) is 0 Å². The quantitative estimate of drug-likeness (QED) is 0.714. The van der Waals surface area contributed by atoms with Gasteiger partial charge in [0.15, 0.2) is 5.75 Å². The highest BCUT2D eigenvalue weighted by molar-refractivity contribution is 6.37. The standard InChI is InChI=1S/C17H25Cl2NO2/c1-2-3-4-7-22-16-14(18)8-13(9-15(16)19)12-5-6-17(20,10-12)11-21/h8-9,12,21H,2-7,10-11,20H2,1H3. The Morgan fingerprint density at radius 3 is 2.55 bits per heavy atom. The zero-order valence-corrected chi connectivity index (χ0v) is 14.6. The van der Waals surface area contributed by atoms with Crippen LogP contribution in [0.4, 0.5) is 0 Å². The summed E-state index contributed by atoms with van der Waals surface area (Å²) in [6.07, 6.45) is 5.80. The molecule has 1 aromatic rings. The molecule has 0 aromatic heterocycles. The summed E-state index contributed by atoms with van der Waals surface area (Å²) < 4.78 is 5.72. The molecule has 2 unspecified atom stereocenters. The maximum absolute atomic E-state index is 9.39. The summed E-state index contributed by atoms with van der Waals surface area (Å²) in [5.74, 6) is 0.864. The third-order valence-electron chi connectivity index (χ3n) is 4.44. The second-order valence-corrected chi connectivity index (χ2v) is 7.14. The van der Waals surface area contributed by atoms with Crippen LogP contribution in [0.15, 0.2) is 12.1 Å². The molecule has 0 bridgehead atoms. The van der Waals surface area contributed by atoms with Crippen molar-refractivity contribution in [3.63, 3.8) is 0 Å². The minimum atomic E-state index is -0.473. The van der Waals surface area contributed by atoms with Crippen molar-refractivity contribution in [1.82, 2.24) is 0 Å². The molecule has 0 heterocycles. The van der Waals surface area contributed by atoms with Gasteiger partial charge in [-0.05, 0) is 49.3 Å². The summed E-state index contributed by atoms with van der Waals surface area (Å²) in [5, 5.41) is 10.5. The lowest BCUT2D eigenvalue weighted by Gasteiger charge is -2.21. The molecule has 1 saturated carbocycles. The van der Waals surface area contributed by atoms with E-state index in [1.807, 2.05) is 12.1 Å². The Kier molecular flexibility index (Phi) is 6.39. The molecule has 3 nitrogen and oxygen atoms in total. The molecule has 1 fully saturated rings. The van der Waals surface area contributed by atoms with Crippen LogP contribution in [0.1, 0.15) is 56.9 Å². The van der Waals surface area contributed by atoms with Crippen molar-refractivity contribution < 1.29 is 9.84 Å². The van der Waals surface area contributed by atoms with Gasteiger partial charge in [-0.25, -0.2) is 0 Å². The molecule has 0 aliphatic heterocycles. The highest BCUT2D eigenvalue weighted by Gasteiger charge is 2.36. The second-order valence-electron chi connectivity index (χ2n) is 6.33. The number of hydrogen-bond donors (Lipinski definition) is 2. The van der Waals surface area contributed by atoms with E-state index in [1.54, 1.807) is 0 Å².